The summed E-state index contributed by atoms with van der Waals surface area (Å²) in [4.78, 5) is 0. The van der Waals surface area contributed by atoms with Crippen molar-refractivity contribution in [3.63, 3.8) is 0 Å². The van der Waals surface area contributed by atoms with Gasteiger partial charge in [0.2, 0.25) is 0 Å². The van der Waals surface area contributed by atoms with E-state index in [9.17, 15) is 0 Å². The van der Waals surface area contributed by atoms with E-state index in [1.807, 2.05) is 0 Å². The zero-order valence-electron chi connectivity index (χ0n) is 5.20. The van der Waals surface area contributed by atoms with Crippen LogP contribution in [0.2, 0.25) is 0 Å². The first kappa shape index (κ1) is 9.58. The molecule has 0 bridgehead atoms. The summed E-state index contributed by atoms with van der Waals surface area (Å²) in [5.41, 5.74) is 0. The number of hydrogen-bond acceptors (Lipinski definition) is 0. The lowest BCUT2D eigenvalue weighted by molar-refractivity contribution is 3.58. The van der Waals surface area contributed by atoms with Gasteiger partial charge in [-0.2, -0.15) is 0 Å². The van der Waals surface area contributed by atoms with E-state index in [0.717, 1.165) is 0 Å². The molecule has 0 aromatic rings. The molecule has 0 saturated carbocycles. The summed E-state index contributed by atoms with van der Waals surface area (Å²) >= 11 is 0. The fourth-order valence-corrected chi connectivity index (χ4v) is 0.513. The van der Waals surface area contributed by atoms with Crippen molar-refractivity contribution in [2.75, 3.05) is 0 Å². The molecule has 0 spiro atoms. The Balaban J connectivity index is 3.68. The minimum atomic E-state index is -0.574. The van der Waals surface area contributed by atoms with Crippen molar-refractivity contribution in [1.29, 1.82) is 0 Å². The molecule has 0 saturated heterocycles. The Hall–Kier alpha value is 0.584. The summed E-state index contributed by atoms with van der Waals surface area (Å²) in [6.45, 7) is 0. The number of hydrogen-bond donors (Lipinski definition) is 0. The third-order valence-corrected chi connectivity index (χ3v) is 1.11. The summed E-state index contributed by atoms with van der Waals surface area (Å²) in [6.07, 6.45) is -1.46. The van der Waals surface area contributed by atoms with Gasteiger partial charge in [-0.25, -0.2) is 6.39 Å². The molecule has 15 radical (unpaired) electrons. The first-order valence-corrected chi connectivity index (χ1v) is 2.67. The van der Waals surface area contributed by atoms with Crippen LogP contribution in [-0.4, -0.2) is 64.9 Å². The van der Waals surface area contributed by atoms with Crippen LogP contribution in [0.1, 0.15) is 0 Å². The molecule has 0 fully saturated rings. The quantitative estimate of drug-likeness (QED) is 0.322. The minimum absolute atomic E-state index is 0.315. The van der Waals surface area contributed by atoms with Gasteiger partial charge in [-0.3, -0.25) is 7.06 Å². The van der Waals surface area contributed by atoms with Gasteiger partial charge in [0.05, 0.1) is 0 Å². The van der Waals surface area contributed by atoms with Gasteiger partial charge in [-0.1, -0.05) is 0 Å². The highest BCUT2D eigenvalue weighted by molar-refractivity contribution is 7.93. The average molecular weight is 97.3 g/mol. The Bertz CT molecular complexity index is 54.4. The summed E-state index contributed by atoms with van der Waals surface area (Å²) in [5, 5.41) is 0. The molecule has 0 amide bonds. The van der Waals surface area contributed by atoms with Crippen LogP contribution in [0.25, 0.3) is 0 Å². The van der Waals surface area contributed by atoms with Crippen molar-refractivity contribution in [3.8, 4) is 0 Å². The van der Waals surface area contributed by atoms with Gasteiger partial charge in [0, 0.05) is 0 Å². The van der Waals surface area contributed by atoms with Gasteiger partial charge in [0.25, 0.3) is 0 Å². The lowest BCUT2D eigenvalue weighted by Gasteiger charge is -2.53. The largest absolute Gasteiger partial charge is 0.729 e. The molecule has 0 aromatic carbocycles. The Labute approximate surface area is 65.5 Å². The molecule has 31 valence electrons. The van der Waals surface area contributed by atoms with E-state index < -0.39 is 12.8 Å². The smallest absolute Gasteiger partial charge is 0.0434 e. The van der Waals surface area contributed by atoms with Crippen molar-refractivity contribution < 1.29 is 0 Å². The second-order valence-corrected chi connectivity index (χ2v) is 1.92. The molecule has 0 aliphatic carbocycles. The van der Waals surface area contributed by atoms with Crippen LogP contribution < -0.4 is 0 Å². The fourth-order valence-electron chi connectivity index (χ4n) is 0.513. The monoisotopic (exact) mass is 99.1 g/mol. The average Bonchev–Trinajstić information content (AvgIpc) is 1.64. The zero-order chi connectivity index (χ0) is 7.44. The molecule has 0 N–H and O–H groups in total. The maximum absolute atomic E-state index is 5.25. The predicted octanol–water partition coefficient (Wildman–Crippen LogP) is -3.43. The van der Waals surface area contributed by atoms with E-state index >= 15 is 0 Å². The molecule has 0 nitrogen and oxygen atoms in total. The van der Waals surface area contributed by atoms with Gasteiger partial charge in [-0.05, 0) is 7.74 Å². The van der Waals surface area contributed by atoms with Crippen LogP contribution in [-0.2, 0) is 0 Å². The van der Waals surface area contributed by atoms with Crippen LogP contribution in [0, 0.1) is 0 Å². The third-order valence-electron chi connectivity index (χ3n) is 1.11. The fraction of sp³-hybridized carbons (Fsp3) is 0. The molecule has 0 aliphatic heterocycles. The molecule has 9 heavy (non-hydrogen) atoms. The highest BCUT2D eigenvalue weighted by Gasteiger charge is 1.88. The number of rotatable bonds is 3. The van der Waals surface area contributed by atoms with E-state index in [4.69, 9.17) is 38.7 Å². The highest BCUT2D eigenvalue weighted by atomic mass is 13.0. The van der Waals surface area contributed by atoms with Gasteiger partial charge in [-0.15, -0.1) is 6.39 Å². The highest BCUT2D eigenvalue weighted by Crippen LogP contribution is 1.80. The molecule has 0 aromatic heterocycles. The lowest BCUT2D eigenvalue weighted by atomic mass is 8.64. The molecule has 0 heterocycles. The molecule has 0 rings (SSSR count). The predicted molar refractivity (Wildman–Crippen MR) is 51.8 cm³/mol. The molecule has 0 aliphatic rings. The maximum Gasteiger partial charge on any atom is -0.0434 e. The Kier molecular flexibility index (Phi) is 4.69. The molecule has 0 unspecified atom stereocenters. The van der Waals surface area contributed by atoms with Gasteiger partial charge in [0.15, 0.2) is 0 Å². The van der Waals surface area contributed by atoms with Crippen LogP contribution in [0.4, 0.5) is 0 Å². The van der Waals surface area contributed by atoms with Gasteiger partial charge >= 0.3 is 0 Å². The molecule has 9 heteroatoms. The Morgan fingerprint density at radius 1 is 1.22 bits per heavy atom. The summed E-state index contributed by atoms with van der Waals surface area (Å²) in [5.74, 6) is 0. The van der Waals surface area contributed by atoms with Crippen molar-refractivity contribution in [2.45, 2.75) is 0 Å². The van der Waals surface area contributed by atoms with Crippen LogP contribution in [0.5, 0.6) is 0 Å². The first-order chi connectivity index (χ1) is 4.09. The molecular weight excluding hydrogens is 97.3 g/mol. The molecule has 0 atom stereocenters. The normalized spacial score (nSPS) is 8.44. The second kappa shape index (κ2) is 4.41. The minimum Gasteiger partial charge on any atom is -0.729 e. The maximum atomic E-state index is 5.25. The van der Waals surface area contributed by atoms with Crippen molar-refractivity contribution in [2.24, 2.45) is 0 Å². The first-order valence-electron chi connectivity index (χ1n) is 2.67. The van der Waals surface area contributed by atoms with Crippen molar-refractivity contribution in [3.05, 3.63) is 0 Å². The summed E-state index contributed by atoms with van der Waals surface area (Å²) in [6, 6.07) is 0. The van der Waals surface area contributed by atoms with Gasteiger partial charge in [0.1, 0.15) is 0 Å². The van der Waals surface area contributed by atoms with E-state index in [1.165, 1.54) is 7.06 Å². The second-order valence-electron chi connectivity index (χ2n) is 1.92. The SMILES string of the molecule is [B]B([B-])B([B][B-])B([B-])[B-]. The van der Waals surface area contributed by atoms with Crippen LogP contribution in [0.15, 0.2) is 0 Å². The van der Waals surface area contributed by atoms with E-state index in [0.29, 0.717) is 0 Å². The van der Waals surface area contributed by atoms with Crippen molar-refractivity contribution >= 4 is 64.9 Å². The lowest BCUT2D eigenvalue weighted by Crippen LogP contribution is -2.55. The molecular formula is B9-4. The summed E-state index contributed by atoms with van der Waals surface area (Å²) < 4.78 is 0. The van der Waals surface area contributed by atoms with Crippen molar-refractivity contribution in [1.82, 2.24) is 0 Å². The van der Waals surface area contributed by atoms with Crippen LogP contribution in [0.3, 0.4) is 0 Å². The summed E-state index contributed by atoms with van der Waals surface area (Å²) in [7, 11) is 27.5. The van der Waals surface area contributed by atoms with E-state index in [-0.39, 0.29) is 6.39 Å². The third kappa shape index (κ3) is 3.32. The Morgan fingerprint density at radius 3 is 1.67 bits per heavy atom. The standard InChI is InChI=1S/B9/c1-6-9(7(2)3)8(4)5/q-4. The zero-order valence-corrected chi connectivity index (χ0v) is 5.20. The van der Waals surface area contributed by atoms with E-state index in [2.05, 4.69) is 0 Å². The topological polar surface area (TPSA) is 0 Å². The van der Waals surface area contributed by atoms with E-state index in [1.54, 1.807) is 0 Å². The van der Waals surface area contributed by atoms with Crippen LogP contribution >= 0.6 is 0 Å². The van der Waals surface area contributed by atoms with Gasteiger partial charge < -0.3 is 37.3 Å². The Morgan fingerprint density at radius 2 is 1.67 bits per heavy atom.